The van der Waals surface area contributed by atoms with Gasteiger partial charge in [-0.25, -0.2) is 9.78 Å². The Hall–Kier alpha value is -1.79. The van der Waals surface area contributed by atoms with Crippen LogP contribution in [0.4, 0.5) is 13.2 Å². The molecule has 0 radical (unpaired) electrons. The molecule has 0 N–H and O–H groups in total. The maximum atomic E-state index is 12.4. The van der Waals surface area contributed by atoms with Crippen LogP contribution in [0.2, 0.25) is 0 Å². The summed E-state index contributed by atoms with van der Waals surface area (Å²) in [5, 5.41) is 0. The first-order valence-electron chi connectivity index (χ1n) is 4.09. The summed E-state index contributed by atoms with van der Waals surface area (Å²) in [5.41, 5.74) is -1.28. The first-order chi connectivity index (χ1) is 7.40. The van der Waals surface area contributed by atoms with Gasteiger partial charge >= 0.3 is 12.1 Å². The van der Waals surface area contributed by atoms with E-state index in [0.717, 1.165) is 20.3 Å². The van der Waals surface area contributed by atoms with Crippen molar-refractivity contribution >= 4 is 5.97 Å². The number of halogens is 3. The fourth-order valence-electron chi connectivity index (χ4n) is 1.03. The van der Waals surface area contributed by atoms with Gasteiger partial charge in [0.05, 0.1) is 14.2 Å². The molecule has 0 saturated heterocycles. The van der Waals surface area contributed by atoms with Gasteiger partial charge in [-0.1, -0.05) is 0 Å². The zero-order valence-electron chi connectivity index (χ0n) is 8.46. The van der Waals surface area contributed by atoms with Gasteiger partial charge in [0.2, 0.25) is 0 Å². The van der Waals surface area contributed by atoms with Crippen LogP contribution in [-0.4, -0.2) is 25.2 Å². The fourth-order valence-corrected chi connectivity index (χ4v) is 1.03. The molecule has 88 valence electrons. The number of esters is 1. The van der Waals surface area contributed by atoms with Crippen molar-refractivity contribution in [3.8, 4) is 5.75 Å². The van der Waals surface area contributed by atoms with Crippen molar-refractivity contribution in [2.75, 3.05) is 14.2 Å². The number of alkyl halides is 3. The van der Waals surface area contributed by atoms with E-state index in [2.05, 4.69) is 14.5 Å². The van der Waals surface area contributed by atoms with Gasteiger partial charge in [0.25, 0.3) is 0 Å². The second kappa shape index (κ2) is 4.38. The third kappa shape index (κ3) is 2.41. The largest absolute Gasteiger partial charge is 0.496 e. The van der Waals surface area contributed by atoms with E-state index < -0.39 is 23.5 Å². The van der Waals surface area contributed by atoms with Crippen LogP contribution in [0.15, 0.2) is 12.3 Å². The van der Waals surface area contributed by atoms with E-state index in [1.807, 2.05) is 0 Å². The normalized spacial score (nSPS) is 11.1. The highest BCUT2D eigenvalue weighted by Crippen LogP contribution is 2.35. The van der Waals surface area contributed by atoms with E-state index in [-0.39, 0.29) is 5.69 Å². The minimum atomic E-state index is -4.58. The van der Waals surface area contributed by atoms with Gasteiger partial charge < -0.3 is 9.47 Å². The second-order valence-corrected chi connectivity index (χ2v) is 2.76. The van der Waals surface area contributed by atoms with E-state index >= 15 is 0 Å². The minimum Gasteiger partial charge on any atom is -0.496 e. The summed E-state index contributed by atoms with van der Waals surface area (Å²) in [4.78, 5) is 14.4. The number of rotatable bonds is 2. The third-order valence-corrected chi connectivity index (χ3v) is 1.79. The second-order valence-electron chi connectivity index (χ2n) is 2.76. The lowest BCUT2D eigenvalue weighted by Gasteiger charge is -2.11. The van der Waals surface area contributed by atoms with Crippen molar-refractivity contribution in [3.63, 3.8) is 0 Å². The van der Waals surface area contributed by atoms with Crippen LogP contribution in [0.25, 0.3) is 0 Å². The lowest BCUT2D eigenvalue weighted by Crippen LogP contribution is -2.11. The summed E-state index contributed by atoms with van der Waals surface area (Å²) in [6.45, 7) is 0. The summed E-state index contributed by atoms with van der Waals surface area (Å²) in [5.74, 6) is -1.30. The summed E-state index contributed by atoms with van der Waals surface area (Å²) in [7, 11) is 2.18. The molecule has 7 heteroatoms. The molecule has 0 aliphatic rings. The van der Waals surface area contributed by atoms with Crippen LogP contribution >= 0.6 is 0 Å². The predicted octanol–water partition coefficient (Wildman–Crippen LogP) is 1.90. The molecule has 0 aliphatic carbocycles. The Kier molecular flexibility index (Phi) is 3.36. The van der Waals surface area contributed by atoms with E-state index in [1.165, 1.54) is 0 Å². The highest BCUT2D eigenvalue weighted by molar-refractivity contribution is 5.87. The molecule has 0 atom stereocenters. The Bertz CT molecular complexity index is 403. The topological polar surface area (TPSA) is 48.4 Å². The molecule has 16 heavy (non-hydrogen) atoms. The summed E-state index contributed by atoms with van der Waals surface area (Å²) in [6.07, 6.45) is -4.04. The first-order valence-corrected chi connectivity index (χ1v) is 4.09. The van der Waals surface area contributed by atoms with Gasteiger partial charge in [0, 0.05) is 12.3 Å². The van der Waals surface area contributed by atoms with Gasteiger partial charge in [-0.15, -0.1) is 0 Å². The summed E-state index contributed by atoms with van der Waals surface area (Å²) < 4.78 is 46.1. The number of ether oxygens (including phenoxy) is 2. The molecular weight excluding hydrogens is 227 g/mol. The average Bonchev–Trinajstić information content (AvgIpc) is 2.25. The zero-order valence-corrected chi connectivity index (χ0v) is 8.46. The van der Waals surface area contributed by atoms with E-state index in [0.29, 0.717) is 6.20 Å². The Morgan fingerprint density at radius 1 is 1.38 bits per heavy atom. The Morgan fingerprint density at radius 3 is 2.44 bits per heavy atom. The number of hydrogen-bond donors (Lipinski definition) is 0. The molecule has 1 heterocycles. The van der Waals surface area contributed by atoms with Crippen molar-refractivity contribution in [1.29, 1.82) is 0 Å². The fraction of sp³-hybridized carbons (Fsp3) is 0.333. The van der Waals surface area contributed by atoms with Crippen molar-refractivity contribution in [3.05, 3.63) is 23.5 Å². The standard InChI is InChI=1S/C9H8F3NO3/c1-15-7-3-6(8(14)16-2)13-4-5(7)9(10,11)12/h3-4H,1-2H3. The minimum absolute atomic E-state index is 0.243. The molecule has 0 spiro atoms. The van der Waals surface area contributed by atoms with Crippen LogP contribution < -0.4 is 4.74 Å². The Balaban J connectivity index is 3.22. The summed E-state index contributed by atoms with van der Waals surface area (Å²) >= 11 is 0. The van der Waals surface area contributed by atoms with Crippen LogP contribution in [-0.2, 0) is 10.9 Å². The molecule has 4 nitrogen and oxygen atoms in total. The number of hydrogen-bond acceptors (Lipinski definition) is 4. The molecule has 0 aliphatic heterocycles. The van der Waals surface area contributed by atoms with Gasteiger partial charge in [-0.05, 0) is 0 Å². The number of aromatic nitrogens is 1. The number of pyridine rings is 1. The monoisotopic (exact) mass is 235 g/mol. The van der Waals surface area contributed by atoms with E-state index in [1.54, 1.807) is 0 Å². The molecule has 0 amide bonds. The Morgan fingerprint density at radius 2 is 2.00 bits per heavy atom. The van der Waals surface area contributed by atoms with Gasteiger partial charge in [-0.2, -0.15) is 13.2 Å². The smallest absolute Gasteiger partial charge is 0.421 e. The molecular formula is C9H8F3NO3. The number of carbonyl (C=O) groups is 1. The first kappa shape index (κ1) is 12.3. The number of methoxy groups -OCH3 is 2. The SMILES string of the molecule is COC(=O)c1cc(OC)c(C(F)(F)F)cn1. The molecule has 0 bridgehead atoms. The molecule has 1 aromatic rings. The third-order valence-electron chi connectivity index (χ3n) is 1.79. The number of nitrogens with zero attached hydrogens (tertiary/aromatic N) is 1. The van der Waals surface area contributed by atoms with Crippen LogP contribution in [0.3, 0.4) is 0 Å². The quantitative estimate of drug-likeness (QED) is 0.734. The lowest BCUT2D eigenvalue weighted by atomic mass is 10.2. The van der Waals surface area contributed by atoms with Crippen molar-refractivity contribution in [2.24, 2.45) is 0 Å². The van der Waals surface area contributed by atoms with Crippen molar-refractivity contribution < 1.29 is 27.4 Å². The van der Waals surface area contributed by atoms with Crippen LogP contribution in [0.5, 0.6) is 5.75 Å². The number of carbonyl (C=O) groups excluding carboxylic acids is 1. The summed E-state index contributed by atoms with van der Waals surface area (Å²) in [6, 6.07) is 0.884. The molecule has 1 rings (SSSR count). The van der Waals surface area contributed by atoms with E-state index in [4.69, 9.17) is 0 Å². The zero-order chi connectivity index (χ0) is 12.3. The maximum absolute atomic E-state index is 12.4. The highest BCUT2D eigenvalue weighted by Gasteiger charge is 2.35. The molecule has 0 fully saturated rings. The average molecular weight is 235 g/mol. The van der Waals surface area contributed by atoms with Crippen LogP contribution in [0, 0.1) is 0 Å². The predicted molar refractivity (Wildman–Crippen MR) is 47.1 cm³/mol. The molecule has 0 aromatic carbocycles. The highest BCUT2D eigenvalue weighted by atomic mass is 19.4. The van der Waals surface area contributed by atoms with Gasteiger partial charge in [0.1, 0.15) is 11.3 Å². The van der Waals surface area contributed by atoms with Gasteiger partial charge in [-0.3, -0.25) is 0 Å². The van der Waals surface area contributed by atoms with Crippen molar-refractivity contribution in [1.82, 2.24) is 4.98 Å². The lowest BCUT2D eigenvalue weighted by molar-refractivity contribution is -0.139. The molecule has 0 saturated carbocycles. The maximum Gasteiger partial charge on any atom is 0.421 e. The van der Waals surface area contributed by atoms with Gasteiger partial charge in [0.15, 0.2) is 5.69 Å². The van der Waals surface area contributed by atoms with Crippen LogP contribution in [0.1, 0.15) is 16.1 Å². The van der Waals surface area contributed by atoms with E-state index in [9.17, 15) is 18.0 Å². The van der Waals surface area contributed by atoms with Crippen molar-refractivity contribution in [2.45, 2.75) is 6.18 Å². The Labute approximate surface area is 89.0 Å². The molecule has 0 unspecified atom stereocenters. The molecule has 1 aromatic heterocycles.